The minimum absolute atomic E-state index is 0.0268. The average molecular weight is 294 g/mol. The Morgan fingerprint density at radius 3 is 2.64 bits per heavy atom. The highest BCUT2D eigenvalue weighted by Gasteiger charge is 2.36. The maximum absolute atomic E-state index is 12.3. The van der Waals surface area contributed by atoms with Crippen LogP contribution < -0.4 is 0 Å². The van der Waals surface area contributed by atoms with Gasteiger partial charge in [0.15, 0.2) is 0 Å². The highest BCUT2D eigenvalue weighted by molar-refractivity contribution is 5.77. The fourth-order valence-electron chi connectivity index (χ4n) is 3.23. The molecule has 1 atom stereocenters. The lowest BCUT2D eigenvalue weighted by Gasteiger charge is -2.40. The van der Waals surface area contributed by atoms with Crippen molar-refractivity contribution in [3.63, 3.8) is 0 Å². The van der Waals surface area contributed by atoms with E-state index < -0.39 is 0 Å². The van der Waals surface area contributed by atoms with Crippen LogP contribution in [0.2, 0.25) is 0 Å². The second-order valence-corrected chi connectivity index (χ2v) is 6.45. The van der Waals surface area contributed by atoms with Gasteiger partial charge in [-0.2, -0.15) is 0 Å². The van der Waals surface area contributed by atoms with E-state index in [-0.39, 0.29) is 11.3 Å². The van der Waals surface area contributed by atoms with Gasteiger partial charge in [0.05, 0.1) is 12.2 Å². The van der Waals surface area contributed by atoms with Gasteiger partial charge in [0.2, 0.25) is 5.91 Å². The quantitative estimate of drug-likeness (QED) is 0.868. The molecule has 1 amide bonds. The van der Waals surface area contributed by atoms with E-state index in [1.807, 2.05) is 36.1 Å². The molecule has 2 aromatic rings. The second-order valence-electron chi connectivity index (χ2n) is 6.45. The molecule has 22 heavy (non-hydrogen) atoms. The minimum atomic E-state index is 0.0268. The Bertz CT molecular complexity index is 668. The Morgan fingerprint density at radius 2 is 1.91 bits per heavy atom. The molecule has 1 aliphatic rings. The molecule has 1 saturated heterocycles. The predicted molar refractivity (Wildman–Crippen MR) is 87.4 cm³/mol. The topological polar surface area (TPSA) is 33.2 Å². The lowest BCUT2D eigenvalue weighted by Crippen LogP contribution is -2.47. The molecule has 0 N–H and O–H groups in total. The number of aromatic nitrogens is 1. The third-order valence-electron chi connectivity index (χ3n) is 4.55. The summed E-state index contributed by atoms with van der Waals surface area (Å²) in [5.41, 5.74) is 3.29. The second kappa shape index (κ2) is 5.91. The highest BCUT2D eigenvalue weighted by atomic mass is 16.2. The molecule has 1 aromatic carbocycles. The third kappa shape index (κ3) is 3.03. The van der Waals surface area contributed by atoms with Gasteiger partial charge in [-0.25, -0.2) is 0 Å². The highest BCUT2D eigenvalue weighted by Crippen LogP contribution is 2.34. The zero-order valence-corrected chi connectivity index (χ0v) is 13.2. The van der Waals surface area contributed by atoms with Crippen molar-refractivity contribution in [2.24, 2.45) is 0 Å². The summed E-state index contributed by atoms with van der Waals surface area (Å²) in [6.07, 6.45) is 1.52. The number of hydrogen-bond donors (Lipinski definition) is 0. The molecule has 2 heterocycles. The minimum Gasteiger partial charge on any atom is -0.336 e. The van der Waals surface area contributed by atoms with Crippen LogP contribution in [0.25, 0.3) is 0 Å². The number of pyridine rings is 1. The summed E-state index contributed by atoms with van der Waals surface area (Å²) in [6, 6.07) is 16.5. The Morgan fingerprint density at radius 1 is 1.14 bits per heavy atom. The summed E-state index contributed by atoms with van der Waals surface area (Å²) >= 11 is 0. The number of piperidine rings is 1. The number of aryl methyl sites for hydroxylation is 1. The maximum Gasteiger partial charge on any atom is 0.222 e. The van der Waals surface area contributed by atoms with Crippen molar-refractivity contribution in [1.29, 1.82) is 0 Å². The molecular formula is C19H22N2O. The van der Waals surface area contributed by atoms with Gasteiger partial charge in [0.25, 0.3) is 0 Å². The van der Waals surface area contributed by atoms with Crippen LogP contribution in [-0.4, -0.2) is 22.3 Å². The number of carbonyl (C=O) groups is 1. The summed E-state index contributed by atoms with van der Waals surface area (Å²) in [6.45, 7) is 5.59. The SMILES string of the molecule is Cc1cccc(CN2C[C@](C)(c3ccccc3)CCC2=O)n1. The monoisotopic (exact) mass is 294 g/mol. The van der Waals surface area contributed by atoms with Gasteiger partial charge in [-0.05, 0) is 31.0 Å². The third-order valence-corrected chi connectivity index (χ3v) is 4.55. The first-order valence-corrected chi connectivity index (χ1v) is 7.83. The normalized spacial score (nSPS) is 21.9. The number of carbonyl (C=O) groups excluding carboxylic acids is 1. The molecule has 3 nitrogen and oxygen atoms in total. The Hall–Kier alpha value is -2.16. The van der Waals surface area contributed by atoms with E-state index in [9.17, 15) is 4.79 Å². The smallest absolute Gasteiger partial charge is 0.222 e. The van der Waals surface area contributed by atoms with E-state index in [2.05, 4.69) is 36.2 Å². The lowest BCUT2D eigenvalue weighted by molar-refractivity contribution is -0.136. The summed E-state index contributed by atoms with van der Waals surface area (Å²) in [7, 11) is 0. The standard InChI is InChI=1S/C19H22N2O/c1-15-7-6-10-17(20-15)13-21-14-19(2,12-11-18(21)22)16-8-4-3-5-9-16/h3-10H,11-14H2,1-2H3/t19-/m1/s1. The van der Waals surface area contributed by atoms with Crippen molar-refractivity contribution in [2.45, 2.75) is 38.6 Å². The van der Waals surface area contributed by atoms with E-state index >= 15 is 0 Å². The van der Waals surface area contributed by atoms with Crippen molar-refractivity contribution >= 4 is 5.91 Å². The van der Waals surface area contributed by atoms with Crippen LogP contribution in [0.3, 0.4) is 0 Å². The van der Waals surface area contributed by atoms with Crippen molar-refractivity contribution < 1.29 is 4.79 Å². The maximum atomic E-state index is 12.3. The molecule has 1 aromatic heterocycles. The number of amides is 1. The summed E-state index contributed by atoms with van der Waals surface area (Å²) < 4.78 is 0. The Labute approximate surface area is 132 Å². The Kier molecular flexibility index (Phi) is 3.97. The van der Waals surface area contributed by atoms with E-state index in [0.29, 0.717) is 13.0 Å². The Balaban J connectivity index is 1.81. The zero-order chi connectivity index (χ0) is 15.6. The lowest BCUT2D eigenvalue weighted by atomic mass is 9.75. The molecule has 1 aliphatic heterocycles. The predicted octanol–water partition coefficient (Wildman–Crippen LogP) is 3.47. The first-order valence-electron chi connectivity index (χ1n) is 7.83. The van der Waals surface area contributed by atoms with Gasteiger partial charge in [-0.15, -0.1) is 0 Å². The molecule has 0 unspecified atom stereocenters. The molecule has 0 saturated carbocycles. The molecule has 3 rings (SSSR count). The molecular weight excluding hydrogens is 272 g/mol. The van der Waals surface area contributed by atoms with Gasteiger partial charge < -0.3 is 4.90 Å². The van der Waals surface area contributed by atoms with Crippen molar-refractivity contribution in [3.05, 3.63) is 65.5 Å². The summed E-state index contributed by atoms with van der Waals surface area (Å²) in [5.74, 6) is 0.233. The van der Waals surface area contributed by atoms with Crippen molar-refractivity contribution in [3.8, 4) is 0 Å². The number of rotatable bonds is 3. The van der Waals surface area contributed by atoms with E-state index in [1.54, 1.807) is 0 Å². The van der Waals surface area contributed by atoms with Gasteiger partial charge in [0, 0.05) is 24.1 Å². The largest absolute Gasteiger partial charge is 0.336 e. The van der Waals surface area contributed by atoms with Crippen LogP contribution >= 0.6 is 0 Å². The van der Waals surface area contributed by atoms with Crippen LogP contribution in [0.1, 0.15) is 36.7 Å². The van der Waals surface area contributed by atoms with Crippen molar-refractivity contribution in [2.75, 3.05) is 6.54 Å². The average Bonchev–Trinajstić information content (AvgIpc) is 2.52. The first-order chi connectivity index (χ1) is 10.6. The zero-order valence-electron chi connectivity index (χ0n) is 13.2. The van der Waals surface area contributed by atoms with Gasteiger partial charge >= 0.3 is 0 Å². The van der Waals surface area contributed by atoms with Crippen LogP contribution in [0, 0.1) is 6.92 Å². The summed E-state index contributed by atoms with van der Waals surface area (Å²) in [4.78, 5) is 18.8. The van der Waals surface area contributed by atoms with Crippen molar-refractivity contribution in [1.82, 2.24) is 9.88 Å². The molecule has 0 spiro atoms. The van der Waals surface area contributed by atoms with Gasteiger partial charge in [-0.1, -0.05) is 43.3 Å². The number of benzene rings is 1. The van der Waals surface area contributed by atoms with E-state index in [1.165, 1.54) is 5.56 Å². The van der Waals surface area contributed by atoms with Crippen LogP contribution in [0.15, 0.2) is 48.5 Å². The van der Waals surface area contributed by atoms with Crippen LogP contribution in [0.5, 0.6) is 0 Å². The van der Waals surface area contributed by atoms with Crippen LogP contribution in [-0.2, 0) is 16.8 Å². The number of likely N-dealkylation sites (tertiary alicyclic amines) is 1. The molecule has 1 fully saturated rings. The van der Waals surface area contributed by atoms with E-state index in [4.69, 9.17) is 0 Å². The molecule has 0 aliphatic carbocycles. The van der Waals surface area contributed by atoms with Gasteiger partial charge in [-0.3, -0.25) is 9.78 Å². The molecule has 3 heteroatoms. The van der Waals surface area contributed by atoms with E-state index in [0.717, 1.165) is 24.4 Å². The molecule has 114 valence electrons. The number of nitrogens with zero attached hydrogens (tertiary/aromatic N) is 2. The molecule has 0 radical (unpaired) electrons. The van der Waals surface area contributed by atoms with Crippen LogP contribution in [0.4, 0.5) is 0 Å². The van der Waals surface area contributed by atoms with Gasteiger partial charge in [0.1, 0.15) is 0 Å². The fraction of sp³-hybridized carbons (Fsp3) is 0.368. The first kappa shape index (κ1) is 14.8. The fourth-order valence-corrected chi connectivity index (χ4v) is 3.23. The molecule has 0 bridgehead atoms. The number of hydrogen-bond acceptors (Lipinski definition) is 2. The summed E-state index contributed by atoms with van der Waals surface area (Å²) in [5, 5.41) is 0.